The number of amides is 1. The topological polar surface area (TPSA) is 86.9 Å². The van der Waals surface area contributed by atoms with Crippen LogP contribution in [0.25, 0.3) is 10.9 Å². The molecule has 25 heavy (non-hydrogen) atoms. The van der Waals surface area contributed by atoms with Gasteiger partial charge < -0.3 is 15.6 Å². The Morgan fingerprint density at radius 1 is 1.16 bits per heavy atom. The van der Waals surface area contributed by atoms with Gasteiger partial charge in [0.25, 0.3) is 5.91 Å². The Labute approximate surface area is 149 Å². The second-order valence-corrected chi connectivity index (χ2v) is 5.93. The third kappa shape index (κ3) is 4.36. The quantitative estimate of drug-likeness (QED) is 0.593. The van der Waals surface area contributed by atoms with Crippen molar-refractivity contribution in [2.45, 2.75) is 6.42 Å². The maximum Gasteiger partial charge on any atom is 0.252 e. The van der Waals surface area contributed by atoms with Crippen molar-refractivity contribution in [3.63, 3.8) is 0 Å². The first-order chi connectivity index (χ1) is 12.1. The summed E-state index contributed by atoms with van der Waals surface area (Å²) in [5.41, 5.74) is 2.02. The van der Waals surface area contributed by atoms with Gasteiger partial charge in [-0.2, -0.15) is 0 Å². The van der Waals surface area contributed by atoms with Crippen molar-refractivity contribution < 1.29 is 4.79 Å². The molecule has 2 aromatic heterocycles. The molecule has 0 atom stereocenters. The predicted octanol–water partition coefficient (Wildman–Crippen LogP) is 2.81. The number of benzene rings is 1. The predicted molar refractivity (Wildman–Crippen MR) is 99.3 cm³/mol. The number of H-pyrrole nitrogens is 1. The normalized spacial score (nSPS) is 10.6. The first-order valence-electron chi connectivity index (χ1n) is 7.88. The minimum atomic E-state index is -0.230. The van der Waals surface area contributed by atoms with E-state index in [4.69, 9.17) is 11.6 Å². The van der Waals surface area contributed by atoms with Crippen molar-refractivity contribution >= 4 is 34.1 Å². The fourth-order valence-electron chi connectivity index (χ4n) is 2.44. The highest BCUT2D eigenvalue weighted by atomic mass is 35.5. The van der Waals surface area contributed by atoms with E-state index in [1.54, 1.807) is 6.20 Å². The van der Waals surface area contributed by atoms with E-state index in [0.717, 1.165) is 23.0 Å². The lowest BCUT2D eigenvalue weighted by Crippen LogP contribution is -2.26. The molecule has 7 heteroatoms. The lowest BCUT2D eigenvalue weighted by atomic mass is 10.2. The summed E-state index contributed by atoms with van der Waals surface area (Å²) in [5.74, 6) is -0.208. The molecule has 3 N–H and O–H groups in total. The summed E-state index contributed by atoms with van der Waals surface area (Å²) >= 11 is 5.99. The monoisotopic (exact) mass is 356 g/mol. The molecule has 3 aromatic rings. The Kier molecular flexibility index (Phi) is 5.30. The number of nitrogens with one attached hydrogen (secondary N) is 3. The van der Waals surface area contributed by atoms with Crippen LogP contribution in [0.15, 0.2) is 53.6 Å². The summed E-state index contributed by atoms with van der Waals surface area (Å²) < 4.78 is 0. The fraction of sp³-hybridized carbons (Fsp3) is 0.167. The lowest BCUT2D eigenvalue weighted by Gasteiger charge is -2.10. The van der Waals surface area contributed by atoms with Gasteiger partial charge in [-0.1, -0.05) is 11.6 Å². The van der Waals surface area contributed by atoms with Gasteiger partial charge >= 0.3 is 0 Å². The molecule has 0 aliphatic rings. The number of fused-ring (bicyclic) bond motifs is 1. The van der Waals surface area contributed by atoms with E-state index in [9.17, 15) is 9.59 Å². The molecule has 0 radical (unpaired) electrons. The zero-order valence-electron chi connectivity index (χ0n) is 13.4. The van der Waals surface area contributed by atoms with Crippen LogP contribution in [0.5, 0.6) is 0 Å². The summed E-state index contributed by atoms with van der Waals surface area (Å²) in [4.78, 5) is 29.7. The van der Waals surface area contributed by atoms with Gasteiger partial charge in [0.05, 0.1) is 11.1 Å². The minimum absolute atomic E-state index is 0.208. The largest absolute Gasteiger partial charge is 0.384 e. The van der Waals surface area contributed by atoms with Crippen LogP contribution in [0.1, 0.15) is 16.8 Å². The van der Waals surface area contributed by atoms with Crippen LogP contribution in [0.2, 0.25) is 5.02 Å². The van der Waals surface area contributed by atoms with Gasteiger partial charge in [-0.3, -0.25) is 14.6 Å². The second-order valence-electron chi connectivity index (χ2n) is 5.50. The zero-order chi connectivity index (χ0) is 17.6. The van der Waals surface area contributed by atoms with Gasteiger partial charge in [-0.25, -0.2) is 0 Å². The molecular formula is C18H17ClN4O2. The van der Waals surface area contributed by atoms with Crippen LogP contribution in [0.4, 0.5) is 5.69 Å². The molecule has 128 valence electrons. The van der Waals surface area contributed by atoms with Crippen molar-refractivity contribution in [3.8, 4) is 0 Å². The third-order valence-corrected chi connectivity index (χ3v) is 3.94. The Morgan fingerprint density at radius 3 is 2.84 bits per heavy atom. The van der Waals surface area contributed by atoms with E-state index >= 15 is 0 Å². The number of anilines is 1. The summed E-state index contributed by atoms with van der Waals surface area (Å²) in [7, 11) is 0. The molecule has 6 nitrogen and oxygen atoms in total. The average Bonchev–Trinajstić information content (AvgIpc) is 2.61. The fourth-order valence-corrected chi connectivity index (χ4v) is 2.61. The van der Waals surface area contributed by atoms with E-state index in [0.29, 0.717) is 23.7 Å². The molecule has 1 aromatic carbocycles. The number of carbonyl (C=O) groups excluding carboxylic acids is 1. The van der Waals surface area contributed by atoms with Gasteiger partial charge in [0.15, 0.2) is 0 Å². The van der Waals surface area contributed by atoms with Crippen LogP contribution < -0.4 is 16.2 Å². The molecule has 0 unspecified atom stereocenters. The highest BCUT2D eigenvalue weighted by Gasteiger charge is 2.05. The number of hydrogen-bond donors (Lipinski definition) is 3. The summed E-state index contributed by atoms with van der Waals surface area (Å²) in [6.07, 6.45) is 3.90. The highest BCUT2D eigenvalue weighted by molar-refractivity contribution is 6.31. The molecule has 0 bridgehead atoms. The number of rotatable bonds is 6. The van der Waals surface area contributed by atoms with E-state index in [1.807, 2.05) is 24.3 Å². The summed E-state index contributed by atoms with van der Waals surface area (Å²) in [6, 6.07) is 10.3. The van der Waals surface area contributed by atoms with Gasteiger partial charge in [0.1, 0.15) is 0 Å². The minimum Gasteiger partial charge on any atom is -0.384 e. The van der Waals surface area contributed by atoms with Crippen LogP contribution in [-0.2, 0) is 0 Å². The standard InChI is InChI=1S/C18H17ClN4O2/c19-13-3-4-14-15(6-9-21-16(14)10-13)20-7-1-8-22-18(25)12-2-5-17(24)23-11-12/h2-6,9-11H,1,7-8H2,(H,20,21)(H,22,25)(H,23,24). The van der Waals surface area contributed by atoms with Crippen LogP contribution >= 0.6 is 11.6 Å². The molecule has 0 aliphatic carbocycles. The van der Waals surface area contributed by atoms with Crippen molar-refractivity contribution in [1.82, 2.24) is 15.3 Å². The molecule has 0 aliphatic heterocycles. The van der Waals surface area contributed by atoms with Gasteiger partial charge in [-0.05, 0) is 36.8 Å². The van der Waals surface area contributed by atoms with Crippen LogP contribution in [0.3, 0.4) is 0 Å². The Balaban J connectivity index is 1.50. The Morgan fingerprint density at radius 2 is 2.04 bits per heavy atom. The summed E-state index contributed by atoms with van der Waals surface area (Å²) in [6.45, 7) is 1.23. The molecular weight excluding hydrogens is 340 g/mol. The Bertz CT molecular complexity index is 935. The number of halogens is 1. The number of hydrogen-bond acceptors (Lipinski definition) is 4. The molecule has 0 saturated heterocycles. The Hall–Kier alpha value is -2.86. The van der Waals surface area contributed by atoms with Crippen molar-refractivity contribution in [2.75, 3.05) is 18.4 Å². The smallest absolute Gasteiger partial charge is 0.252 e. The van der Waals surface area contributed by atoms with E-state index in [2.05, 4.69) is 20.6 Å². The van der Waals surface area contributed by atoms with Gasteiger partial charge in [0.2, 0.25) is 5.56 Å². The molecule has 1 amide bonds. The maximum absolute atomic E-state index is 11.9. The second kappa shape index (κ2) is 7.81. The first kappa shape index (κ1) is 17.0. The number of nitrogens with zero attached hydrogens (tertiary/aromatic N) is 1. The summed E-state index contributed by atoms with van der Waals surface area (Å²) in [5, 5.41) is 7.82. The molecule has 2 heterocycles. The number of aromatic nitrogens is 2. The molecule has 0 spiro atoms. The van der Waals surface area contributed by atoms with Crippen molar-refractivity contribution in [3.05, 3.63) is 69.7 Å². The lowest BCUT2D eigenvalue weighted by molar-refractivity contribution is 0.0953. The average molecular weight is 357 g/mol. The third-order valence-electron chi connectivity index (χ3n) is 3.71. The number of pyridine rings is 2. The maximum atomic E-state index is 11.9. The SMILES string of the molecule is O=C(NCCCNc1ccnc2cc(Cl)ccc12)c1ccc(=O)[nH]c1. The highest BCUT2D eigenvalue weighted by Crippen LogP contribution is 2.24. The van der Waals surface area contributed by atoms with Crippen molar-refractivity contribution in [2.24, 2.45) is 0 Å². The van der Waals surface area contributed by atoms with E-state index in [-0.39, 0.29) is 11.5 Å². The molecule has 0 saturated carbocycles. The zero-order valence-corrected chi connectivity index (χ0v) is 14.1. The number of carbonyl (C=O) groups is 1. The van der Waals surface area contributed by atoms with E-state index in [1.165, 1.54) is 18.3 Å². The van der Waals surface area contributed by atoms with Crippen LogP contribution in [0, 0.1) is 0 Å². The van der Waals surface area contributed by atoms with E-state index < -0.39 is 0 Å². The van der Waals surface area contributed by atoms with Crippen LogP contribution in [-0.4, -0.2) is 29.0 Å². The van der Waals surface area contributed by atoms with Gasteiger partial charge in [-0.15, -0.1) is 0 Å². The first-order valence-corrected chi connectivity index (χ1v) is 8.26. The molecule has 0 fully saturated rings. The molecule has 3 rings (SSSR count). The number of aromatic amines is 1. The van der Waals surface area contributed by atoms with Crippen molar-refractivity contribution in [1.29, 1.82) is 0 Å². The van der Waals surface area contributed by atoms with Gasteiger partial charge in [0, 0.05) is 47.6 Å².